The fourth-order valence-electron chi connectivity index (χ4n) is 4.07. The van der Waals surface area contributed by atoms with Gasteiger partial charge in [0.2, 0.25) is 0 Å². The van der Waals surface area contributed by atoms with Gasteiger partial charge in [-0.25, -0.2) is 10.4 Å². The summed E-state index contributed by atoms with van der Waals surface area (Å²) in [6.07, 6.45) is 6.61. The van der Waals surface area contributed by atoms with Gasteiger partial charge in [0, 0.05) is 13.6 Å². The molecule has 0 aliphatic carbocycles. The molecule has 3 unspecified atom stereocenters. The number of nitrogens with zero attached hydrogens (tertiary/aromatic N) is 5. The van der Waals surface area contributed by atoms with Gasteiger partial charge in [0.1, 0.15) is 12.6 Å². The van der Waals surface area contributed by atoms with Crippen LogP contribution in [0.2, 0.25) is 0 Å². The Morgan fingerprint density at radius 1 is 1.12 bits per heavy atom. The van der Waals surface area contributed by atoms with Crippen LogP contribution in [0.1, 0.15) is 76.9 Å². The van der Waals surface area contributed by atoms with Crippen LogP contribution < -0.4 is 5.43 Å². The number of aromatic nitrogens is 3. The third-order valence-corrected chi connectivity index (χ3v) is 5.63. The van der Waals surface area contributed by atoms with E-state index in [9.17, 15) is 5.11 Å². The topological polar surface area (TPSA) is 69.5 Å². The molecule has 3 heterocycles. The Morgan fingerprint density at radius 2 is 1.81 bits per heavy atom. The van der Waals surface area contributed by atoms with Gasteiger partial charge in [-0.3, -0.25) is 9.58 Å². The largest absolute Gasteiger partial charge is 0.372 e. The first-order valence-electron chi connectivity index (χ1n) is 12.2. The summed E-state index contributed by atoms with van der Waals surface area (Å²) in [6, 6.07) is 8.99. The average molecular weight is 443 g/mol. The molecule has 2 aliphatic heterocycles. The van der Waals surface area contributed by atoms with Crippen molar-refractivity contribution in [3.63, 3.8) is 0 Å². The molecule has 1 fully saturated rings. The molecule has 0 amide bonds. The Kier molecular flexibility index (Phi) is 10.4. The van der Waals surface area contributed by atoms with Crippen LogP contribution in [-0.4, -0.2) is 48.6 Å². The van der Waals surface area contributed by atoms with Gasteiger partial charge >= 0.3 is 0 Å². The molecule has 7 heteroatoms. The first-order chi connectivity index (χ1) is 15.5. The summed E-state index contributed by atoms with van der Waals surface area (Å²) in [5.41, 5.74) is 7.03. The second kappa shape index (κ2) is 12.7. The van der Waals surface area contributed by atoms with Gasteiger partial charge < -0.3 is 10.1 Å². The number of fused-ring (bicyclic) bond motifs is 1. The molecular weight excluding hydrogens is 400 g/mol. The minimum atomic E-state index is -0.662. The normalized spacial score (nSPS) is 22.3. The van der Waals surface area contributed by atoms with Crippen molar-refractivity contribution in [3.05, 3.63) is 59.3 Å². The zero-order chi connectivity index (χ0) is 23.7. The number of hydrogen-bond donors (Lipinski definition) is 2. The van der Waals surface area contributed by atoms with E-state index in [0.717, 1.165) is 37.3 Å². The van der Waals surface area contributed by atoms with Crippen LogP contribution >= 0.6 is 0 Å². The highest BCUT2D eigenvalue weighted by Gasteiger charge is 2.41. The minimum Gasteiger partial charge on any atom is -0.372 e. The third-order valence-electron chi connectivity index (χ3n) is 5.63. The van der Waals surface area contributed by atoms with Gasteiger partial charge in [0.15, 0.2) is 5.82 Å². The van der Waals surface area contributed by atoms with Crippen LogP contribution in [-0.2, 0) is 13.6 Å². The monoisotopic (exact) mass is 442 g/mol. The number of nitrogens with one attached hydrogen (secondary N) is 1. The van der Waals surface area contributed by atoms with E-state index in [1.807, 2.05) is 34.7 Å². The van der Waals surface area contributed by atoms with Crippen LogP contribution in [0.5, 0.6) is 0 Å². The van der Waals surface area contributed by atoms with Crippen molar-refractivity contribution in [1.82, 2.24) is 30.1 Å². The number of benzene rings is 1. The van der Waals surface area contributed by atoms with E-state index < -0.39 is 6.23 Å². The van der Waals surface area contributed by atoms with Crippen molar-refractivity contribution < 1.29 is 5.11 Å². The van der Waals surface area contributed by atoms with Gasteiger partial charge in [-0.1, -0.05) is 77.3 Å². The Hall–Kier alpha value is -2.22. The number of piperazine rings is 1. The summed E-state index contributed by atoms with van der Waals surface area (Å²) >= 11 is 0. The Labute approximate surface area is 194 Å². The number of rotatable bonds is 6. The zero-order valence-electron chi connectivity index (χ0n) is 20.9. The van der Waals surface area contributed by atoms with E-state index in [1.54, 1.807) is 11.0 Å². The molecule has 0 saturated carbocycles. The molecule has 3 atom stereocenters. The van der Waals surface area contributed by atoms with Gasteiger partial charge in [-0.2, -0.15) is 5.10 Å². The van der Waals surface area contributed by atoms with Gasteiger partial charge in [-0.05, 0) is 25.0 Å². The molecule has 0 bridgehead atoms. The molecule has 4 rings (SSSR count). The van der Waals surface area contributed by atoms with Crippen molar-refractivity contribution >= 4 is 0 Å². The molecule has 1 aromatic carbocycles. The summed E-state index contributed by atoms with van der Waals surface area (Å²) < 4.78 is 1.70. The second-order valence-corrected chi connectivity index (χ2v) is 7.91. The predicted octanol–water partition coefficient (Wildman–Crippen LogP) is 4.31. The van der Waals surface area contributed by atoms with Gasteiger partial charge in [0.05, 0.1) is 24.3 Å². The van der Waals surface area contributed by atoms with E-state index in [4.69, 9.17) is 0 Å². The first kappa shape index (κ1) is 26.0. The van der Waals surface area contributed by atoms with Crippen LogP contribution in [0.25, 0.3) is 0 Å². The minimum absolute atomic E-state index is 0.0855. The molecule has 2 aliphatic rings. The van der Waals surface area contributed by atoms with E-state index in [2.05, 4.69) is 69.6 Å². The molecule has 0 spiro atoms. The lowest BCUT2D eigenvalue weighted by molar-refractivity contribution is -0.0598. The van der Waals surface area contributed by atoms with Crippen molar-refractivity contribution in [3.8, 4) is 0 Å². The third kappa shape index (κ3) is 6.18. The Morgan fingerprint density at radius 3 is 2.41 bits per heavy atom. The molecule has 178 valence electrons. The lowest BCUT2D eigenvalue weighted by Crippen LogP contribution is -2.58. The van der Waals surface area contributed by atoms with E-state index in [0.29, 0.717) is 12.6 Å². The van der Waals surface area contributed by atoms with Crippen LogP contribution in [0.15, 0.2) is 42.4 Å². The smallest absolute Gasteiger partial charge is 0.164 e. The molecule has 1 saturated heterocycles. The maximum Gasteiger partial charge on any atom is 0.164 e. The number of aliphatic hydroxyl groups is 1. The molecule has 2 aromatic rings. The molecule has 2 N–H and O–H groups in total. The summed E-state index contributed by atoms with van der Waals surface area (Å²) in [4.78, 5) is 6.42. The number of aryl methyl sites for hydroxylation is 2. The quantitative estimate of drug-likeness (QED) is 0.695. The number of hydrazine groups is 1. The van der Waals surface area contributed by atoms with Crippen LogP contribution in [0.4, 0.5) is 0 Å². The summed E-state index contributed by atoms with van der Waals surface area (Å²) in [6.45, 7) is 13.6. The summed E-state index contributed by atoms with van der Waals surface area (Å²) in [5.74, 6) is 0.742. The highest BCUT2D eigenvalue weighted by Crippen LogP contribution is 2.34. The number of unbranched alkanes of at least 4 members (excludes halogenated alkanes) is 1. The molecule has 1 aromatic heterocycles. The molecule has 7 nitrogen and oxygen atoms in total. The lowest BCUT2D eigenvalue weighted by Gasteiger charge is -2.44. The predicted molar refractivity (Wildman–Crippen MR) is 130 cm³/mol. The second-order valence-electron chi connectivity index (χ2n) is 7.91. The maximum absolute atomic E-state index is 11.1. The zero-order valence-corrected chi connectivity index (χ0v) is 20.9. The fraction of sp³-hybridized carbons (Fsp3) is 0.600. The molecular formula is C25H42N6O. The van der Waals surface area contributed by atoms with Gasteiger partial charge in [0.25, 0.3) is 0 Å². The van der Waals surface area contributed by atoms with E-state index in [1.165, 1.54) is 11.1 Å². The van der Waals surface area contributed by atoms with Crippen LogP contribution in [0.3, 0.4) is 0 Å². The first-order valence-corrected chi connectivity index (χ1v) is 12.2. The number of aliphatic hydroxyl groups excluding tert-OH is 1. The molecule has 32 heavy (non-hydrogen) atoms. The van der Waals surface area contributed by atoms with Gasteiger partial charge in [-0.15, -0.1) is 0 Å². The highest BCUT2D eigenvalue weighted by atomic mass is 16.3. The maximum atomic E-state index is 11.1. The fourth-order valence-corrected chi connectivity index (χ4v) is 4.07. The summed E-state index contributed by atoms with van der Waals surface area (Å²) in [5, 5.41) is 17.7. The lowest BCUT2D eigenvalue weighted by atomic mass is 10.0. The Bertz CT molecular complexity index is 831. The van der Waals surface area contributed by atoms with Crippen molar-refractivity contribution in [2.45, 2.75) is 85.7 Å². The SMILES string of the molecule is CC.CC.CCCCC1CN(Cc2ncn(C)n2)C(O)C2=CC(c3ccc(C)cc3)NN21. The van der Waals surface area contributed by atoms with Crippen LogP contribution in [0, 0.1) is 6.92 Å². The average Bonchev–Trinajstić information content (AvgIpc) is 3.45. The van der Waals surface area contributed by atoms with Crippen molar-refractivity contribution in [1.29, 1.82) is 0 Å². The standard InChI is InChI=1S/C21H30N6O.2C2H6/c1-4-5-6-17-12-26(13-20-22-14-25(3)24-20)21(28)19-11-18(23-27(17)19)16-9-7-15(2)8-10-16;2*1-2/h7-11,14,17-18,21,23,28H,4-6,12-13H2,1-3H3;2*1-2H3. The van der Waals surface area contributed by atoms with Crippen molar-refractivity contribution in [2.24, 2.45) is 7.05 Å². The number of hydrogen-bond acceptors (Lipinski definition) is 6. The van der Waals surface area contributed by atoms with Crippen molar-refractivity contribution in [2.75, 3.05) is 6.54 Å². The van der Waals surface area contributed by atoms with E-state index >= 15 is 0 Å². The van der Waals surface area contributed by atoms with E-state index in [-0.39, 0.29) is 6.04 Å². The molecule has 0 radical (unpaired) electrons. The summed E-state index contributed by atoms with van der Waals surface area (Å²) in [7, 11) is 1.87. The highest BCUT2D eigenvalue weighted by molar-refractivity contribution is 5.31. The Balaban J connectivity index is 0.000000860.